The summed E-state index contributed by atoms with van der Waals surface area (Å²) < 4.78 is 13.5. The second-order valence-corrected chi connectivity index (χ2v) is 5.17. The Morgan fingerprint density at radius 2 is 1.89 bits per heavy atom. The van der Waals surface area contributed by atoms with Crippen LogP contribution in [0.4, 0.5) is 0 Å². The summed E-state index contributed by atoms with van der Waals surface area (Å²) in [6.07, 6.45) is 1.13. The molecule has 1 unspecified atom stereocenters. The summed E-state index contributed by atoms with van der Waals surface area (Å²) in [7, 11) is 3.28. The minimum atomic E-state index is 0.582. The molecule has 5 heteroatoms. The molecule has 1 aromatic heterocycles. The first-order valence-electron chi connectivity index (χ1n) is 6.45. The zero-order valence-corrected chi connectivity index (χ0v) is 12.6. The van der Waals surface area contributed by atoms with Gasteiger partial charge in [0.15, 0.2) is 16.3 Å². The molecule has 4 nitrogen and oxygen atoms in total. The number of aromatic amines is 1. The maximum Gasteiger partial charge on any atom is 0.178 e. The van der Waals surface area contributed by atoms with Crippen molar-refractivity contribution in [1.82, 2.24) is 9.55 Å². The fourth-order valence-electron chi connectivity index (χ4n) is 2.11. The molecule has 0 aliphatic carbocycles. The minimum Gasteiger partial charge on any atom is -0.493 e. The van der Waals surface area contributed by atoms with Crippen LogP contribution in [0.5, 0.6) is 11.5 Å². The predicted octanol–water partition coefficient (Wildman–Crippen LogP) is 3.76. The number of imidazole rings is 1. The lowest BCUT2D eigenvalue weighted by molar-refractivity contribution is 0.355. The molecule has 1 heterocycles. The van der Waals surface area contributed by atoms with Gasteiger partial charge in [0.2, 0.25) is 0 Å². The number of benzene rings is 1. The topological polar surface area (TPSA) is 39.2 Å². The average Bonchev–Trinajstić information content (AvgIpc) is 2.72. The number of nitrogens with zero attached hydrogens (tertiary/aromatic N) is 1. The van der Waals surface area contributed by atoms with Crippen molar-refractivity contribution in [3.8, 4) is 11.5 Å². The van der Waals surface area contributed by atoms with E-state index in [1.54, 1.807) is 14.2 Å². The summed E-state index contributed by atoms with van der Waals surface area (Å²) in [6, 6.07) is 3.90. The van der Waals surface area contributed by atoms with Crippen LogP contribution in [0.15, 0.2) is 12.1 Å². The maximum atomic E-state index is 5.40. The lowest BCUT2D eigenvalue weighted by Gasteiger charge is -2.12. The van der Waals surface area contributed by atoms with Crippen molar-refractivity contribution >= 4 is 23.3 Å². The van der Waals surface area contributed by atoms with Crippen LogP contribution in [0.3, 0.4) is 0 Å². The summed E-state index contributed by atoms with van der Waals surface area (Å²) in [5.74, 6) is 2.02. The number of aromatic nitrogens is 2. The Hall–Kier alpha value is -1.49. The highest BCUT2D eigenvalue weighted by Gasteiger charge is 2.12. The molecule has 1 atom stereocenters. The van der Waals surface area contributed by atoms with E-state index in [9.17, 15) is 0 Å². The van der Waals surface area contributed by atoms with Gasteiger partial charge >= 0.3 is 0 Å². The fraction of sp³-hybridized carbons (Fsp3) is 0.500. The molecule has 19 heavy (non-hydrogen) atoms. The van der Waals surface area contributed by atoms with Crippen LogP contribution >= 0.6 is 12.2 Å². The van der Waals surface area contributed by atoms with Gasteiger partial charge in [-0.25, -0.2) is 0 Å². The van der Waals surface area contributed by atoms with E-state index >= 15 is 0 Å². The molecule has 1 aromatic carbocycles. The molecular weight excluding hydrogens is 260 g/mol. The van der Waals surface area contributed by atoms with E-state index in [0.29, 0.717) is 11.7 Å². The first-order valence-corrected chi connectivity index (χ1v) is 6.86. The van der Waals surface area contributed by atoms with Gasteiger partial charge in [-0.15, -0.1) is 0 Å². The van der Waals surface area contributed by atoms with Gasteiger partial charge in [0.05, 0.1) is 25.3 Å². The molecule has 2 rings (SSSR count). The Morgan fingerprint density at radius 3 is 2.47 bits per heavy atom. The van der Waals surface area contributed by atoms with Crippen LogP contribution in [0.25, 0.3) is 11.0 Å². The van der Waals surface area contributed by atoms with Crippen molar-refractivity contribution in [3.05, 3.63) is 16.9 Å². The van der Waals surface area contributed by atoms with E-state index in [2.05, 4.69) is 23.4 Å². The molecule has 0 fully saturated rings. The summed E-state index contributed by atoms with van der Waals surface area (Å²) in [5.41, 5.74) is 2.04. The normalized spacial score (nSPS) is 12.6. The highest BCUT2D eigenvalue weighted by molar-refractivity contribution is 7.71. The monoisotopic (exact) mass is 280 g/mol. The van der Waals surface area contributed by atoms with Crippen molar-refractivity contribution in [1.29, 1.82) is 0 Å². The molecular formula is C14H20N2O2S. The second-order valence-electron chi connectivity index (χ2n) is 4.78. The van der Waals surface area contributed by atoms with Gasteiger partial charge < -0.3 is 19.0 Å². The summed E-state index contributed by atoms with van der Waals surface area (Å²) >= 11 is 5.40. The number of H-pyrrole nitrogens is 1. The molecule has 0 spiro atoms. The van der Waals surface area contributed by atoms with Crippen LogP contribution in [-0.2, 0) is 6.54 Å². The summed E-state index contributed by atoms with van der Waals surface area (Å²) in [4.78, 5) is 3.22. The van der Waals surface area contributed by atoms with Gasteiger partial charge in [0.25, 0.3) is 0 Å². The minimum absolute atomic E-state index is 0.582. The third-order valence-corrected chi connectivity index (χ3v) is 3.79. The van der Waals surface area contributed by atoms with E-state index in [0.717, 1.165) is 34.5 Å². The molecule has 0 amide bonds. The zero-order valence-electron chi connectivity index (χ0n) is 11.8. The van der Waals surface area contributed by atoms with Gasteiger partial charge in [-0.2, -0.15) is 0 Å². The van der Waals surface area contributed by atoms with Gasteiger partial charge in [-0.05, 0) is 18.1 Å². The SMILES string of the molecule is CCC(C)Cn1c(=S)[nH]c2cc(OC)c(OC)cc21. The molecule has 104 valence electrons. The molecule has 0 aliphatic heterocycles. The van der Waals surface area contributed by atoms with Crippen LogP contribution < -0.4 is 9.47 Å². The van der Waals surface area contributed by atoms with E-state index in [-0.39, 0.29) is 0 Å². The lowest BCUT2D eigenvalue weighted by atomic mass is 10.1. The van der Waals surface area contributed by atoms with Crippen molar-refractivity contribution in [2.24, 2.45) is 5.92 Å². The van der Waals surface area contributed by atoms with E-state index in [1.165, 1.54) is 0 Å². The smallest absolute Gasteiger partial charge is 0.178 e. The molecule has 0 radical (unpaired) electrons. The van der Waals surface area contributed by atoms with Gasteiger partial charge in [0.1, 0.15) is 0 Å². The van der Waals surface area contributed by atoms with Crippen molar-refractivity contribution in [2.75, 3.05) is 14.2 Å². The third kappa shape index (κ3) is 2.61. The number of ether oxygens (including phenoxy) is 2. The Morgan fingerprint density at radius 1 is 1.26 bits per heavy atom. The number of rotatable bonds is 5. The number of hydrogen-bond donors (Lipinski definition) is 1. The number of methoxy groups -OCH3 is 2. The fourth-order valence-corrected chi connectivity index (χ4v) is 2.39. The molecule has 0 saturated carbocycles. The predicted molar refractivity (Wildman–Crippen MR) is 79.7 cm³/mol. The van der Waals surface area contributed by atoms with Gasteiger partial charge in [-0.3, -0.25) is 0 Å². The lowest BCUT2D eigenvalue weighted by Crippen LogP contribution is -2.06. The van der Waals surface area contributed by atoms with Crippen molar-refractivity contribution in [3.63, 3.8) is 0 Å². The van der Waals surface area contributed by atoms with E-state index < -0.39 is 0 Å². The highest BCUT2D eigenvalue weighted by atomic mass is 32.1. The quantitative estimate of drug-likeness (QED) is 0.848. The summed E-state index contributed by atoms with van der Waals surface area (Å²) in [6.45, 7) is 5.32. The second kappa shape index (κ2) is 5.65. The standard InChI is InChI=1S/C14H20N2O2S/c1-5-9(2)8-16-11-7-13(18-4)12(17-3)6-10(11)15-14(16)19/h6-7,9H,5,8H2,1-4H3,(H,15,19). The average molecular weight is 280 g/mol. The molecule has 0 aliphatic rings. The van der Waals surface area contributed by atoms with Gasteiger partial charge in [-0.1, -0.05) is 20.3 Å². The molecule has 0 bridgehead atoms. The molecule has 0 saturated heterocycles. The van der Waals surface area contributed by atoms with Crippen LogP contribution in [-0.4, -0.2) is 23.8 Å². The first kappa shape index (κ1) is 13.9. The largest absolute Gasteiger partial charge is 0.493 e. The van der Waals surface area contributed by atoms with Crippen LogP contribution in [0.2, 0.25) is 0 Å². The van der Waals surface area contributed by atoms with Gasteiger partial charge in [0, 0.05) is 18.7 Å². The molecule has 1 N–H and O–H groups in total. The summed E-state index contributed by atoms with van der Waals surface area (Å²) in [5, 5.41) is 0. The van der Waals surface area contributed by atoms with Crippen LogP contribution in [0, 0.1) is 10.7 Å². The number of nitrogens with one attached hydrogen (secondary N) is 1. The Bertz CT molecular complexity index is 630. The molecule has 2 aromatic rings. The van der Waals surface area contributed by atoms with E-state index in [1.807, 2.05) is 12.1 Å². The Kier molecular flexibility index (Phi) is 4.14. The number of fused-ring (bicyclic) bond motifs is 1. The third-order valence-electron chi connectivity index (χ3n) is 3.47. The van der Waals surface area contributed by atoms with Crippen molar-refractivity contribution in [2.45, 2.75) is 26.8 Å². The number of hydrogen-bond acceptors (Lipinski definition) is 3. The van der Waals surface area contributed by atoms with Crippen molar-refractivity contribution < 1.29 is 9.47 Å². The van der Waals surface area contributed by atoms with Crippen LogP contribution in [0.1, 0.15) is 20.3 Å². The first-order chi connectivity index (χ1) is 9.10. The maximum absolute atomic E-state index is 5.40. The Balaban J connectivity index is 2.59. The Labute approximate surface area is 118 Å². The van der Waals surface area contributed by atoms with E-state index in [4.69, 9.17) is 21.7 Å². The zero-order chi connectivity index (χ0) is 14.0. The highest BCUT2D eigenvalue weighted by Crippen LogP contribution is 2.32.